The van der Waals surface area contributed by atoms with Gasteiger partial charge >= 0.3 is 5.97 Å². The van der Waals surface area contributed by atoms with Gasteiger partial charge in [0.1, 0.15) is 0 Å². The number of esters is 1. The lowest BCUT2D eigenvalue weighted by atomic mass is 10.2. The minimum absolute atomic E-state index is 0.111. The molecule has 3 nitrogen and oxygen atoms in total. The third-order valence-electron chi connectivity index (χ3n) is 2.99. The van der Waals surface area contributed by atoms with Crippen molar-refractivity contribution < 1.29 is 9.53 Å². The molecule has 0 saturated carbocycles. The molecule has 0 aliphatic rings. The van der Waals surface area contributed by atoms with Gasteiger partial charge in [0, 0.05) is 24.0 Å². The van der Waals surface area contributed by atoms with Crippen molar-refractivity contribution >= 4 is 5.97 Å². The lowest BCUT2D eigenvalue weighted by Crippen LogP contribution is -2.05. The van der Waals surface area contributed by atoms with Crippen LogP contribution in [0.4, 0.5) is 0 Å². The molecule has 2 rings (SSSR count). The number of hydrogen-bond donors (Lipinski definition) is 0. The first kappa shape index (κ1) is 13.4. The molecule has 0 spiro atoms. The van der Waals surface area contributed by atoms with Gasteiger partial charge < -0.3 is 9.30 Å². The van der Waals surface area contributed by atoms with Crippen LogP contribution in [-0.2, 0) is 16.0 Å². The van der Waals surface area contributed by atoms with E-state index in [9.17, 15) is 4.79 Å². The van der Waals surface area contributed by atoms with Gasteiger partial charge in [-0.1, -0.05) is 18.2 Å². The van der Waals surface area contributed by atoms with Crippen LogP contribution in [0.5, 0.6) is 0 Å². The zero-order valence-corrected chi connectivity index (χ0v) is 11.2. The standard InChI is InChI=1S/C16H19NO2/c1-2-19-16(18)12-6-10-15-11-7-13-17(15)14-8-4-3-5-9-14/h3-5,7-9,11,13H,2,6,10,12H2,1H3. The van der Waals surface area contributed by atoms with Crippen LogP contribution in [0.3, 0.4) is 0 Å². The molecule has 19 heavy (non-hydrogen) atoms. The number of rotatable bonds is 6. The SMILES string of the molecule is CCOC(=O)CCCc1cccn1-c1ccccc1. The molecule has 0 saturated heterocycles. The average molecular weight is 257 g/mol. The van der Waals surface area contributed by atoms with Crippen LogP contribution in [0.25, 0.3) is 5.69 Å². The lowest BCUT2D eigenvalue weighted by molar-refractivity contribution is -0.143. The van der Waals surface area contributed by atoms with E-state index >= 15 is 0 Å². The van der Waals surface area contributed by atoms with Crippen molar-refractivity contribution in [1.82, 2.24) is 4.57 Å². The first-order chi connectivity index (χ1) is 9.31. The van der Waals surface area contributed by atoms with E-state index in [1.54, 1.807) is 0 Å². The topological polar surface area (TPSA) is 31.2 Å². The van der Waals surface area contributed by atoms with Crippen molar-refractivity contribution in [2.45, 2.75) is 26.2 Å². The summed E-state index contributed by atoms with van der Waals surface area (Å²) in [4.78, 5) is 11.3. The summed E-state index contributed by atoms with van der Waals surface area (Å²) >= 11 is 0. The highest BCUT2D eigenvalue weighted by molar-refractivity contribution is 5.69. The molecule has 1 aromatic carbocycles. The summed E-state index contributed by atoms with van der Waals surface area (Å²) in [6, 6.07) is 14.3. The largest absolute Gasteiger partial charge is 0.466 e. The predicted octanol–water partition coefficient (Wildman–Crippen LogP) is 3.36. The van der Waals surface area contributed by atoms with Gasteiger partial charge in [-0.25, -0.2) is 0 Å². The molecule has 0 N–H and O–H groups in total. The van der Waals surface area contributed by atoms with Crippen LogP contribution in [-0.4, -0.2) is 17.1 Å². The Hall–Kier alpha value is -2.03. The number of carbonyl (C=O) groups excluding carboxylic acids is 1. The maximum absolute atomic E-state index is 11.3. The van der Waals surface area contributed by atoms with E-state index in [1.807, 2.05) is 31.2 Å². The molecule has 2 aromatic rings. The summed E-state index contributed by atoms with van der Waals surface area (Å²) in [5.41, 5.74) is 2.37. The highest BCUT2D eigenvalue weighted by Gasteiger charge is 2.05. The molecule has 3 heteroatoms. The first-order valence-electron chi connectivity index (χ1n) is 6.68. The van der Waals surface area contributed by atoms with Crippen molar-refractivity contribution in [2.24, 2.45) is 0 Å². The molecule has 0 unspecified atom stereocenters. The fourth-order valence-corrected chi connectivity index (χ4v) is 2.11. The third kappa shape index (κ3) is 3.71. The summed E-state index contributed by atoms with van der Waals surface area (Å²) < 4.78 is 7.09. The van der Waals surface area contributed by atoms with Gasteiger partial charge in [-0.2, -0.15) is 0 Å². The number of hydrogen-bond acceptors (Lipinski definition) is 2. The lowest BCUT2D eigenvalue weighted by Gasteiger charge is -2.09. The summed E-state index contributed by atoms with van der Waals surface area (Å²) in [5, 5.41) is 0. The number of carbonyl (C=O) groups is 1. The molecule has 1 heterocycles. The smallest absolute Gasteiger partial charge is 0.305 e. The van der Waals surface area contributed by atoms with E-state index in [1.165, 1.54) is 5.69 Å². The molecule has 0 fully saturated rings. The van der Waals surface area contributed by atoms with Crippen molar-refractivity contribution in [1.29, 1.82) is 0 Å². The van der Waals surface area contributed by atoms with E-state index in [0.29, 0.717) is 13.0 Å². The quantitative estimate of drug-likeness (QED) is 0.743. The number of nitrogens with zero attached hydrogens (tertiary/aromatic N) is 1. The fourth-order valence-electron chi connectivity index (χ4n) is 2.11. The Labute approximate surface area is 113 Å². The summed E-state index contributed by atoms with van der Waals surface area (Å²) in [6.45, 7) is 2.29. The predicted molar refractivity (Wildman–Crippen MR) is 75.3 cm³/mol. The Morgan fingerprint density at radius 1 is 1.16 bits per heavy atom. The van der Waals surface area contributed by atoms with Crippen LogP contribution in [0.2, 0.25) is 0 Å². The second-order valence-corrected chi connectivity index (χ2v) is 4.36. The Morgan fingerprint density at radius 2 is 1.95 bits per heavy atom. The number of aromatic nitrogens is 1. The maximum Gasteiger partial charge on any atom is 0.305 e. The van der Waals surface area contributed by atoms with Gasteiger partial charge in [0.2, 0.25) is 0 Å². The average Bonchev–Trinajstić information content (AvgIpc) is 2.88. The minimum Gasteiger partial charge on any atom is -0.466 e. The zero-order valence-electron chi connectivity index (χ0n) is 11.2. The Balaban J connectivity index is 1.95. The Bertz CT molecular complexity index is 517. The van der Waals surface area contributed by atoms with Gasteiger partial charge in [0.15, 0.2) is 0 Å². The molecule has 0 atom stereocenters. The van der Waals surface area contributed by atoms with E-state index < -0.39 is 0 Å². The van der Waals surface area contributed by atoms with Gasteiger partial charge in [0.25, 0.3) is 0 Å². The van der Waals surface area contributed by atoms with Crippen molar-refractivity contribution in [2.75, 3.05) is 6.61 Å². The van der Waals surface area contributed by atoms with Crippen LogP contribution in [0.1, 0.15) is 25.5 Å². The summed E-state index contributed by atoms with van der Waals surface area (Å²) in [5.74, 6) is -0.111. The van der Waals surface area contributed by atoms with E-state index in [-0.39, 0.29) is 5.97 Å². The number of para-hydroxylation sites is 1. The van der Waals surface area contributed by atoms with Crippen LogP contribution in [0.15, 0.2) is 48.7 Å². The van der Waals surface area contributed by atoms with Crippen LogP contribution in [0, 0.1) is 0 Å². The Kier molecular flexibility index (Phi) is 4.78. The molecule has 0 aliphatic carbocycles. The normalized spacial score (nSPS) is 10.4. The summed E-state index contributed by atoms with van der Waals surface area (Å²) in [6.07, 6.45) is 4.22. The monoisotopic (exact) mass is 257 g/mol. The summed E-state index contributed by atoms with van der Waals surface area (Å²) in [7, 11) is 0. The van der Waals surface area contributed by atoms with Crippen molar-refractivity contribution in [3.05, 3.63) is 54.4 Å². The molecule has 0 amide bonds. The minimum atomic E-state index is -0.111. The van der Waals surface area contributed by atoms with Gasteiger partial charge in [-0.15, -0.1) is 0 Å². The second kappa shape index (κ2) is 6.78. The highest BCUT2D eigenvalue weighted by atomic mass is 16.5. The molecule has 0 aliphatic heterocycles. The number of benzene rings is 1. The van der Waals surface area contributed by atoms with Crippen LogP contribution < -0.4 is 0 Å². The first-order valence-corrected chi connectivity index (χ1v) is 6.68. The Morgan fingerprint density at radius 3 is 2.68 bits per heavy atom. The molecular weight excluding hydrogens is 238 g/mol. The van der Waals surface area contributed by atoms with E-state index in [4.69, 9.17) is 4.74 Å². The maximum atomic E-state index is 11.3. The van der Waals surface area contributed by atoms with Crippen molar-refractivity contribution in [3.63, 3.8) is 0 Å². The van der Waals surface area contributed by atoms with Crippen molar-refractivity contribution in [3.8, 4) is 5.69 Å². The number of aryl methyl sites for hydroxylation is 1. The van der Waals surface area contributed by atoms with Gasteiger partial charge in [0.05, 0.1) is 6.61 Å². The molecule has 0 radical (unpaired) electrons. The molecule has 1 aromatic heterocycles. The fraction of sp³-hybridized carbons (Fsp3) is 0.312. The second-order valence-electron chi connectivity index (χ2n) is 4.36. The molecule has 100 valence electrons. The van der Waals surface area contributed by atoms with Gasteiger partial charge in [-0.3, -0.25) is 4.79 Å². The van der Waals surface area contributed by atoms with Crippen LogP contribution >= 0.6 is 0 Å². The highest BCUT2D eigenvalue weighted by Crippen LogP contribution is 2.14. The zero-order chi connectivity index (χ0) is 13.5. The third-order valence-corrected chi connectivity index (χ3v) is 2.99. The molecular formula is C16H19NO2. The van der Waals surface area contributed by atoms with E-state index in [2.05, 4.69) is 29.0 Å². The van der Waals surface area contributed by atoms with E-state index in [0.717, 1.165) is 18.5 Å². The molecule has 0 bridgehead atoms. The van der Waals surface area contributed by atoms with Gasteiger partial charge in [-0.05, 0) is 44.0 Å². The number of ether oxygens (including phenoxy) is 1.